The van der Waals surface area contributed by atoms with Crippen molar-refractivity contribution in [2.75, 3.05) is 0 Å². The topological polar surface area (TPSA) is 30.7 Å². The van der Waals surface area contributed by atoms with Crippen LogP contribution in [0.3, 0.4) is 0 Å². The Morgan fingerprint density at radius 3 is 2.13 bits per heavy atom. The van der Waals surface area contributed by atoms with Crippen molar-refractivity contribution >= 4 is 53.4 Å². The molecule has 1 aliphatic rings. The van der Waals surface area contributed by atoms with Crippen molar-refractivity contribution in [3.63, 3.8) is 0 Å². The van der Waals surface area contributed by atoms with Crippen molar-refractivity contribution in [1.82, 2.24) is 14.5 Å². The first-order valence-corrected chi connectivity index (χ1v) is 16.9. The van der Waals surface area contributed by atoms with Gasteiger partial charge in [-0.05, 0) is 58.7 Å². The standard InChI is InChI=1S/C43H29N3S/c1-43(2)34-17-9-6-14-29(34)32-25-37-33(24-35(32)43)30-15-7-10-18-36(30)46(37)28-22-20-26(21-23-28)39-41-40(31-16-8-11-19-38(31)47-41)45-42(44-39)27-12-4-3-5-13-27/h3-25H,1-2H3. The van der Waals surface area contributed by atoms with Crippen LogP contribution in [0.1, 0.15) is 25.0 Å². The van der Waals surface area contributed by atoms with Crippen molar-refractivity contribution in [2.45, 2.75) is 19.3 Å². The van der Waals surface area contributed by atoms with Crippen molar-refractivity contribution in [3.05, 3.63) is 151 Å². The smallest absolute Gasteiger partial charge is 0.160 e. The Morgan fingerprint density at radius 2 is 1.28 bits per heavy atom. The second-order valence-electron chi connectivity index (χ2n) is 13.0. The Kier molecular flexibility index (Phi) is 5.50. The van der Waals surface area contributed by atoms with Crippen LogP contribution < -0.4 is 0 Å². The molecule has 47 heavy (non-hydrogen) atoms. The highest BCUT2D eigenvalue weighted by atomic mass is 32.1. The van der Waals surface area contributed by atoms with Crippen LogP contribution in [0.25, 0.3) is 81.6 Å². The number of fused-ring (bicyclic) bond motifs is 9. The largest absolute Gasteiger partial charge is 0.309 e. The number of hydrogen-bond donors (Lipinski definition) is 0. The third kappa shape index (κ3) is 3.79. The number of nitrogens with zero attached hydrogens (tertiary/aromatic N) is 3. The lowest BCUT2D eigenvalue weighted by molar-refractivity contribution is 0.661. The van der Waals surface area contributed by atoms with E-state index in [9.17, 15) is 0 Å². The van der Waals surface area contributed by atoms with E-state index in [1.807, 2.05) is 18.2 Å². The van der Waals surface area contributed by atoms with E-state index in [4.69, 9.17) is 9.97 Å². The highest BCUT2D eigenvalue weighted by Crippen LogP contribution is 2.51. The monoisotopic (exact) mass is 619 g/mol. The van der Waals surface area contributed by atoms with Gasteiger partial charge in [0.05, 0.1) is 26.9 Å². The molecule has 0 saturated carbocycles. The summed E-state index contributed by atoms with van der Waals surface area (Å²) in [6.45, 7) is 4.70. The van der Waals surface area contributed by atoms with Crippen LogP contribution in [0.5, 0.6) is 0 Å². The van der Waals surface area contributed by atoms with Crippen LogP contribution in [0.2, 0.25) is 0 Å². The van der Waals surface area contributed by atoms with Gasteiger partial charge in [-0.2, -0.15) is 0 Å². The van der Waals surface area contributed by atoms with E-state index in [1.165, 1.54) is 54.1 Å². The zero-order valence-electron chi connectivity index (χ0n) is 26.0. The third-order valence-electron chi connectivity index (χ3n) is 10.0. The first kappa shape index (κ1) is 26.6. The molecule has 3 aromatic heterocycles. The molecule has 6 aromatic carbocycles. The summed E-state index contributed by atoms with van der Waals surface area (Å²) in [5.41, 5.74) is 13.1. The molecule has 4 heteroatoms. The average molecular weight is 620 g/mol. The summed E-state index contributed by atoms with van der Waals surface area (Å²) in [6, 6.07) is 50.3. The van der Waals surface area contributed by atoms with E-state index in [-0.39, 0.29) is 5.41 Å². The van der Waals surface area contributed by atoms with Gasteiger partial charge < -0.3 is 4.57 Å². The molecule has 0 atom stereocenters. The molecular weight excluding hydrogens is 591 g/mol. The van der Waals surface area contributed by atoms with E-state index in [0.717, 1.165) is 38.5 Å². The van der Waals surface area contributed by atoms with Gasteiger partial charge in [-0.15, -0.1) is 11.3 Å². The Morgan fingerprint density at radius 1 is 0.553 bits per heavy atom. The zero-order chi connectivity index (χ0) is 31.3. The fraction of sp³-hybridized carbons (Fsp3) is 0.0698. The van der Waals surface area contributed by atoms with Crippen LogP contribution in [0.4, 0.5) is 0 Å². The lowest BCUT2D eigenvalue weighted by Crippen LogP contribution is -2.14. The van der Waals surface area contributed by atoms with Gasteiger partial charge in [-0.1, -0.05) is 117 Å². The molecule has 0 unspecified atom stereocenters. The summed E-state index contributed by atoms with van der Waals surface area (Å²) in [6.07, 6.45) is 0. The average Bonchev–Trinajstić information content (AvgIpc) is 3.73. The maximum absolute atomic E-state index is 5.20. The summed E-state index contributed by atoms with van der Waals surface area (Å²) >= 11 is 1.77. The number of benzene rings is 6. The maximum Gasteiger partial charge on any atom is 0.160 e. The van der Waals surface area contributed by atoms with Crippen LogP contribution in [0.15, 0.2) is 140 Å². The van der Waals surface area contributed by atoms with Crippen LogP contribution in [-0.4, -0.2) is 14.5 Å². The minimum atomic E-state index is -0.0426. The Labute approximate surface area is 276 Å². The molecule has 10 rings (SSSR count). The molecule has 1 aliphatic carbocycles. The number of para-hydroxylation sites is 1. The molecule has 0 aliphatic heterocycles. The van der Waals surface area contributed by atoms with E-state index < -0.39 is 0 Å². The van der Waals surface area contributed by atoms with Crippen molar-refractivity contribution in [3.8, 4) is 39.5 Å². The second kappa shape index (κ2) is 9.71. The van der Waals surface area contributed by atoms with Gasteiger partial charge >= 0.3 is 0 Å². The highest BCUT2D eigenvalue weighted by Gasteiger charge is 2.36. The lowest BCUT2D eigenvalue weighted by Gasteiger charge is -2.21. The minimum absolute atomic E-state index is 0.0426. The summed E-state index contributed by atoms with van der Waals surface area (Å²) in [5.74, 6) is 0.750. The van der Waals surface area contributed by atoms with Crippen molar-refractivity contribution < 1.29 is 0 Å². The number of thiophene rings is 1. The highest BCUT2D eigenvalue weighted by molar-refractivity contribution is 7.26. The predicted molar refractivity (Wildman–Crippen MR) is 198 cm³/mol. The summed E-state index contributed by atoms with van der Waals surface area (Å²) in [5, 5.41) is 3.74. The first-order chi connectivity index (χ1) is 23.1. The normalized spacial score (nSPS) is 13.5. The Balaban J connectivity index is 1.18. The molecular formula is C43H29N3S. The first-order valence-electron chi connectivity index (χ1n) is 16.1. The quantitative estimate of drug-likeness (QED) is 0.197. The summed E-state index contributed by atoms with van der Waals surface area (Å²) < 4.78 is 4.77. The van der Waals surface area contributed by atoms with E-state index in [1.54, 1.807) is 11.3 Å². The number of hydrogen-bond acceptors (Lipinski definition) is 3. The maximum atomic E-state index is 5.20. The number of rotatable bonds is 3. The van der Waals surface area contributed by atoms with Gasteiger partial charge in [0.25, 0.3) is 0 Å². The summed E-state index contributed by atoms with van der Waals surface area (Å²) in [4.78, 5) is 10.3. The van der Waals surface area contributed by atoms with Crippen molar-refractivity contribution in [1.29, 1.82) is 0 Å². The second-order valence-corrected chi connectivity index (χ2v) is 14.1. The Bertz CT molecular complexity index is 2700. The molecule has 0 amide bonds. The fourth-order valence-corrected chi connectivity index (χ4v) is 8.87. The SMILES string of the molecule is CC1(C)c2ccccc2-c2cc3c(cc21)c1ccccc1n3-c1ccc(-c2nc(-c3ccccc3)nc3c2sc2ccccc23)cc1. The van der Waals surface area contributed by atoms with Gasteiger partial charge in [0.1, 0.15) is 0 Å². The van der Waals surface area contributed by atoms with Gasteiger partial charge in [0, 0.05) is 43.1 Å². The predicted octanol–water partition coefficient (Wildman–Crippen LogP) is 11.6. The molecule has 3 heterocycles. The molecule has 0 N–H and O–H groups in total. The van der Waals surface area contributed by atoms with Crippen molar-refractivity contribution in [2.24, 2.45) is 0 Å². The van der Waals surface area contributed by atoms with Crippen LogP contribution in [0, 0.1) is 0 Å². The van der Waals surface area contributed by atoms with Crippen LogP contribution in [-0.2, 0) is 5.41 Å². The van der Waals surface area contributed by atoms with E-state index >= 15 is 0 Å². The van der Waals surface area contributed by atoms with Gasteiger partial charge in [-0.3, -0.25) is 0 Å². The summed E-state index contributed by atoms with van der Waals surface area (Å²) in [7, 11) is 0. The van der Waals surface area contributed by atoms with Gasteiger partial charge in [0.15, 0.2) is 5.82 Å². The zero-order valence-corrected chi connectivity index (χ0v) is 26.8. The molecule has 3 nitrogen and oxygen atoms in total. The van der Waals surface area contributed by atoms with Gasteiger partial charge in [0.2, 0.25) is 0 Å². The fourth-order valence-electron chi connectivity index (χ4n) is 7.71. The minimum Gasteiger partial charge on any atom is -0.309 e. The molecule has 0 saturated heterocycles. The van der Waals surface area contributed by atoms with E-state index in [2.05, 4.69) is 140 Å². The molecule has 9 aromatic rings. The molecule has 0 spiro atoms. The molecule has 0 radical (unpaired) electrons. The lowest BCUT2D eigenvalue weighted by atomic mass is 9.82. The number of aromatic nitrogens is 3. The van der Waals surface area contributed by atoms with Gasteiger partial charge in [-0.25, -0.2) is 9.97 Å². The van der Waals surface area contributed by atoms with E-state index in [0.29, 0.717) is 0 Å². The molecule has 0 fully saturated rings. The third-order valence-corrected chi connectivity index (χ3v) is 11.2. The molecule has 222 valence electrons. The molecule has 0 bridgehead atoms. The Hall–Kier alpha value is -5.58. The van der Waals surface area contributed by atoms with Crippen LogP contribution >= 0.6 is 11.3 Å².